The summed E-state index contributed by atoms with van der Waals surface area (Å²) in [5.41, 5.74) is 0.753. The van der Waals surface area contributed by atoms with Gasteiger partial charge in [-0.3, -0.25) is 9.59 Å². The minimum Gasteiger partial charge on any atom is -0.344 e. The quantitative estimate of drug-likeness (QED) is 0.771. The molecule has 1 aliphatic heterocycles. The van der Waals surface area contributed by atoms with Gasteiger partial charge in [-0.25, -0.2) is 0 Å². The van der Waals surface area contributed by atoms with Gasteiger partial charge in [0.15, 0.2) is 0 Å². The number of carbonyl (C=O) groups is 2. The molecule has 1 aliphatic rings. The summed E-state index contributed by atoms with van der Waals surface area (Å²) in [5.74, 6) is -0.199. The predicted molar refractivity (Wildman–Crippen MR) is 60.5 cm³/mol. The standard InChI is InChI=1S/C11H12N2O2.2H2/c14-10-7-6-9(13-10)11(15)12-8-4-2-1-3-5-8;;/h1-5,9H,6-7H2,(H,12,15)(H,13,14);2*1H. The summed E-state index contributed by atoms with van der Waals surface area (Å²) in [5, 5.41) is 5.37. The average molecular weight is 208 g/mol. The molecule has 82 valence electrons. The first-order valence-corrected chi connectivity index (χ1v) is 4.91. The zero-order valence-electron chi connectivity index (χ0n) is 8.19. The minimum atomic E-state index is -0.377. The van der Waals surface area contributed by atoms with E-state index in [0.717, 1.165) is 5.69 Å². The molecule has 2 N–H and O–H groups in total. The Labute approximate surface area is 90.6 Å². The Morgan fingerprint density at radius 3 is 2.73 bits per heavy atom. The van der Waals surface area contributed by atoms with E-state index in [1.54, 1.807) is 0 Å². The number of rotatable bonds is 2. The first-order valence-electron chi connectivity index (χ1n) is 4.91. The molecular formula is C11H16N2O2. The Balaban J connectivity index is 0.00000128. The lowest BCUT2D eigenvalue weighted by molar-refractivity contribution is -0.122. The van der Waals surface area contributed by atoms with Gasteiger partial charge in [-0.2, -0.15) is 0 Å². The fourth-order valence-corrected chi connectivity index (χ4v) is 1.56. The Bertz CT molecular complexity index is 384. The van der Waals surface area contributed by atoms with E-state index in [4.69, 9.17) is 0 Å². The van der Waals surface area contributed by atoms with Crippen molar-refractivity contribution in [2.45, 2.75) is 18.9 Å². The largest absolute Gasteiger partial charge is 0.344 e. The maximum Gasteiger partial charge on any atom is 0.246 e. The van der Waals surface area contributed by atoms with Gasteiger partial charge in [-0.15, -0.1) is 0 Å². The number of benzene rings is 1. The molecule has 2 rings (SSSR count). The maximum atomic E-state index is 11.6. The highest BCUT2D eigenvalue weighted by Gasteiger charge is 2.26. The van der Waals surface area contributed by atoms with Crippen molar-refractivity contribution in [3.05, 3.63) is 30.3 Å². The molecule has 0 bridgehead atoms. The summed E-state index contributed by atoms with van der Waals surface area (Å²) < 4.78 is 0. The smallest absolute Gasteiger partial charge is 0.246 e. The average Bonchev–Trinajstić information content (AvgIpc) is 2.66. The third-order valence-corrected chi connectivity index (χ3v) is 2.35. The summed E-state index contributed by atoms with van der Waals surface area (Å²) in [6.07, 6.45) is 1.02. The van der Waals surface area contributed by atoms with Crippen molar-refractivity contribution < 1.29 is 12.4 Å². The van der Waals surface area contributed by atoms with Gasteiger partial charge in [0.25, 0.3) is 0 Å². The van der Waals surface area contributed by atoms with E-state index in [2.05, 4.69) is 10.6 Å². The lowest BCUT2D eigenvalue weighted by atomic mass is 10.2. The molecule has 1 saturated heterocycles. The van der Waals surface area contributed by atoms with E-state index in [0.29, 0.717) is 12.8 Å². The van der Waals surface area contributed by atoms with E-state index < -0.39 is 0 Å². The van der Waals surface area contributed by atoms with Crippen LogP contribution >= 0.6 is 0 Å². The molecule has 0 aliphatic carbocycles. The van der Waals surface area contributed by atoms with Crippen LogP contribution in [0.1, 0.15) is 15.7 Å². The number of anilines is 1. The molecule has 1 atom stereocenters. The molecule has 0 spiro atoms. The van der Waals surface area contributed by atoms with E-state index >= 15 is 0 Å². The van der Waals surface area contributed by atoms with Crippen LogP contribution in [0.2, 0.25) is 0 Å². The van der Waals surface area contributed by atoms with Gasteiger partial charge in [-0.05, 0) is 18.6 Å². The SMILES string of the molecule is O=C1CCC(C(=O)Nc2ccccc2)N1.[HH].[HH]. The van der Waals surface area contributed by atoms with E-state index in [9.17, 15) is 9.59 Å². The van der Waals surface area contributed by atoms with Gasteiger partial charge >= 0.3 is 0 Å². The van der Waals surface area contributed by atoms with E-state index in [1.165, 1.54) is 0 Å². The second-order valence-electron chi connectivity index (χ2n) is 3.51. The number of carbonyl (C=O) groups excluding carboxylic acids is 2. The Morgan fingerprint density at radius 2 is 2.13 bits per heavy atom. The molecule has 1 fully saturated rings. The number of hydrogen-bond donors (Lipinski definition) is 2. The van der Waals surface area contributed by atoms with Gasteiger partial charge in [0.2, 0.25) is 11.8 Å². The maximum absolute atomic E-state index is 11.6. The lowest BCUT2D eigenvalue weighted by Gasteiger charge is -2.10. The number of para-hydroxylation sites is 1. The molecule has 0 aromatic heterocycles. The van der Waals surface area contributed by atoms with Crippen LogP contribution in [0.15, 0.2) is 30.3 Å². The summed E-state index contributed by atoms with van der Waals surface area (Å²) in [4.78, 5) is 22.6. The molecule has 4 heteroatoms. The van der Waals surface area contributed by atoms with Crippen LogP contribution in [0.25, 0.3) is 0 Å². The first-order chi connectivity index (χ1) is 7.25. The second kappa shape index (κ2) is 4.13. The summed E-state index contributed by atoms with van der Waals surface area (Å²) in [6, 6.07) is 8.83. The molecule has 4 nitrogen and oxygen atoms in total. The monoisotopic (exact) mass is 208 g/mol. The molecule has 1 aromatic carbocycles. The normalized spacial score (nSPS) is 19.7. The predicted octanol–water partition coefficient (Wildman–Crippen LogP) is 1.40. The fourth-order valence-electron chi connectivity index (χ4n) is 1.56. The van der Waals surface area contributed by atoms with Gasteiger partial charge in [0.1, 0.15) is 6.04 Å². The van der Waals surface area contributed by atoms with Gasteiger partial charge in [0.05, 0.1) is 0 Å². The topological polar surface area (TPSA) is 58.2 Å². The Kier molecular flexibility index (Phi) is 2.67. The van der Waals surface area contributed by atoms with Crippen LogP contribution in [0.3, 0.4) is 0 Å². The number of nitrogens with one attached hydrogen (secondary N) is 2. The second-order valence-corrected chi connectivity index (χ2v) is 3.51. The Hall–Kier alpha value is -1.84. The van der Waals surface area contributed by atoms with Crippen molar-refractivity contribution in [1.29, 1.82) is 0 Å². The minimum absolute atomic E-state index is 0. The third kappa shape index (κ3) is 2.34. The van der Waals surface area contributed by atoms with Crippen LogP contribution in [0.4, 0.5) is 5.69 Å². The highest BCUT2D eigenvalue weighted by molar-refractivity contribution is 5.98. The third-order valence-electron chi connectivity index (χ3n) is 2.35. The van der Waals surface area contributed by atoms with E-state index in [1.807, 2.05) is 30.3 Å². The summed E-state index contributed by atoms with van der Waals surface area (Å²) in [6.45, 7) is 0. The lowest BCUT2D eigenvalue weighted by Crippen LogP contribution is -2.37. The number of amides is 2. The van der Waals surface area contributed by atoms with Crippen LogP contribution in [-0.2, 0) is 9.59 Å². The molecule has 2 amide bonds. The summed E-state index contributed by atoms with van der Waals surface area (Å²) >= 11 is 0. The van der Waals surface area contributed by atoms with Crippen molar-refractivity contribution >= 4 is 17.5 Å². The molecule has 0 radical (unpaired) electrons. The van der Waals surface area contributed by atoms with Crippen LogP contribution < -0.4 is 10.6 Å². The van der Waals surface area contributed by atoms with E-state index in [-0.39, 0.29) is 20.7 Å². The zero-order valence-corrected chi connectivity index (χ0v) is 8.19. The molecule has 15 heavy (non-hydrogen) atoms. The number of hydrogen-bond acceptors (Lipinski definition) is 2. The molecule has 0 saturated carbocycles. The van der Waals surface area contributed by atoms with Crippen molar-refractivity contribution in [3.63, 3.8) is 0 Å². The van der Waals surface area contributed by atoms with Crippen LogP contribution in [0.5, 0.6) is 0 Å². The van der Waals surface area contributed by atoms with Gasteiger partial charge in [0, 0.05) is 15.0 Å². The van der Waals surface area contributed by atoms with Gasteiger partial charge in [-0.1, -0.05) is 18.2 Å². The van der Waals surface area contributed by atoms with Crippen molar-refractivity contribution in [3.8, 4) is 0 Å². The molecule has 1 aromatic rings. The van der Waals surface area contributed by atoms with Gasteiger partial charge < -0.3 is 10.6 Å². The van der Waals surface area contributed by atoms with Crippen molar-refractivity contribution in [2.24, 2.45) is 0 Å². The van der Waals surface area contributed by atoms with Crippen LogP contribution in [0, 0.1) is 0 Å². The first kappa shape index (κ1) is 9.71. The molecular weight excluding hydrogens is 192 g/mol. The fraction of sp³-hybridized carbons (Fsp3) is 0.273. The Morgan fingerprint density at radius 1 is 1.40 bits per heavy atom. The van der Waals surface area contributed by atoms with Crippen LogP contribution in [-0.4, -0.2) is 17.9 Å². The van der Waals surface area contributed by atoms with Crippen molar-refractivity contribution in [1.82, 2.24) is 5.32 Å². The van der Waals surface area contributed by atoms with Crippen molar-refractivity contribution in [2.75, 3.05) is 5.32 Å². The highest BCUT2D eigenvalue weighted by Crippen LogP contribution is 2.10. The highest BCUT2D eigenvalue weighted by atomic mass is 16.2. The summed E-state index contributed by atoms with van der Waals surface area (Å²) in [7, 11) is 0. The molecule has 1 unspecified atom stereocenters. The molecule has 1 heterocycles. The zero-order chi connectivity index (χ0) is 10.7.